The summed E-state index contributed by atoms with van der Waals surface area (Å²) in [5.41, 5.74) is 0. The second-order valence-electron chi connectivity index (χ2n) is 6.92. The summed E-state index contributed by atoms with van der Waals surface area (Å²) < 4.78 is 0. The van der Waals surface area contributed by atoms with Crippen LogP contribution in [0.1, 0.15) is 26.7 Å². The quantitative estimate of drug-likeness (QED) is 0.356. The Kier molecular flexibility index (Phi) is 10.5. The van der Waals surface area contributed by atoms with Gasteiger partial charge in [-0.25, -0.2) is 0 Å². The third kappa shape index (κ3) is 6.65. The van der Waals surface area contributed by atoms with Crippen LogP contribution in [0, 0.1) is 0 Å². The van der Waals surface area contributed by atoms with Crippen LogP contribution in [0.25, 0.3) is 0 Å². The van der Waals surface area contributed by atoms with Gasteiger partial charge in [0.15, 0.2) is 5.96 Å². The van der Waals surface area contributed by atoms with Crippen LogP contribution in [0.15, 0.2) is 4.99 Å². The zero-order valence-electron chi connectivity index (χ0n) is 15.9. The summed E-state index contributed by atoms with van der Waals surface area (Å²) in [5.74, 6) is 0.970. The minimum Gasteiger partial charge on any atom is -0.357 e. The molecule has 2 saturated heterocycles. The molecule has 142 valence electrons. The molecule has 6 nitrogen and oxygen atoms in total. The molecule has 0 saturated carbocycles. The summed E-state index contributed by atoms with van der Waals surface area (Å²) in [7, 11) is 4.41. The Hall–Kier alpha value is -0.120. The molecule has 2 unspecified atom stereocenters. The van der Waals surface area contributed by atoms with Gasteiger partial charge in [0.25, 0.3) is 0 Å². The number of hydrogen-bond donors (Lipinski definition) is 2. The van der Waals surface area contributed by atoms with E-state index in [-0.39, 0.29) is 24.0 Å². The van der Waals surface area contributed by atoms with Crippen molar-refractivity contribution >= 4 is 29.9 Å². The molecule has 2 aliphatic rings. The van der Waals surface area contributed by atoms with Crippen molar-refractivity contribution < 1.29 is 0 Å². The number of piperazine rings is 1. The molecule has 0 aromatic carbocycles. The predicted molar refractivity (Wildman–Crippen MR) is 114 cm³/mol. The molecule has 2 aliphatic heterocycles. The maximum Gasteiger partial charge on any atom is 0.191 e. The fourth-order valence-corrected chi connectivity index (χ4v) is 3.59. The van der Waals surface area contributed by atoms with Gasteiger partial charge in [0.1, 0.15) is 0 Å². The van der Waals surface area contributed by atoms with Crippen LogP contribution in [-0.4, -0.2) is 99.2 Å². The minimum absolute atomic E-state index is 0. The third-order valence-corrected chi connectivity index (χ3v) is 5.19. The van der Waals surface area contributed by atoms with Gasteiger partial charge < -0.3 is 15.5 Å². The van der Waals surface area contributed by atoms with Crippen LogP contribution >= 0.6 is 24.0 Å². The number of hydrogen-bond acceptors (Lipinski definition) is 4. The number of nitrogens with zero attached hydrogens (tertiary/aromatic N) is 4. The first-order chi connectivity index (χ1) is 11.1. The van der Waals surface area contributed by atoms with Crippen LogP contribution in [0.3, 0.4) is 0 Å². The summed E-state index contributed by atoms with van der Waals surface area (Å²) >= 11 is 0. The molecule has 2 atom stereocenters. The average molecular weight is 452 g/mol. The molecule has 0 amide bonds. The second kappa shape index (κ2) is 11.5. The van der Waals surface area contributed by atoms with Gasteiger partial charge in [0.05, 0.1) is 6.54 Å². The van der Waals surface area contributed by atoms with Crippen molar-refractivity contribution in [1.29, 1.82) is 0 Å². The summed E-state index contributed by atoms with van der Waals surface area (Å²) in [6.07, 6.45) is 2.63. The molecule has 0 bridgehead atoms. The molecule has 0 aliphatic carbocycles. The van der Waals surface area contributed by atoms with Gasteiger partial charge >= 0.3 is 0 Å². The maximum atomic E-state index is 4.84. The summed E-state index contributed by atoms with van der Waals surface area (Å²) in [6.45, 7) is 12.9. The van der Waals surface area contributed by atoms with Crippen molar-refractivity contribution in [3.8, 4) is 0 Å². The molecule has 0 spiro atoms. The van der Waals surface area contributed by atoms with Crippen molar-refractivity contribution in [1.82, 2.24) is 25.3 Å². The first kappa shape index (κ1) is 21.9. The van der Waals surface area contributed by atoms with Gasteiger partial charge in [0, 0.05) is 44.8 Å². The summed E-state index contributed by atoms with van der Waals surface area (Å²) in [5, 5.41) is 6.95. The van der Waals surface area contributed by atoms with E-state index in [1.165, 1.54) is 19.4 Å². The smallest absolute Gasteiger partial charge is 0.191 e. The lowest BCUT2D eigenvalue weighted by Gasteiger charge is -2.37. The van der Waals surface area contributed by atoms with E-state index in [9.17, 15) is 0 Å². The zero-order chi connectivity index (χ0) is 16.7. The van der Waals surface area contributed by atoms with E-state index in [4.69, 9.17) is 4.99 Å². The van der Waals surface area contributed by atoms with E-state index < -0.39 is 0 Å². The highest BCUT2D eigenvalue weighted by Crippen LogP contribution is 2.15. The Morgan fingerprint density at radius 2 is 1.88 bits per heavy atom. The van der Waals surface area contributed by atoms with Crippen LogP contribution in [0.4, 0.5) is 0 Å². The van der Waals surface area contributed by atoms with E-state index >= 15 is 0 Å². The lowest BCUT2D eigenvalue weighted by atomic mass is 10.2. The SMILES string of the molecule is CCNC(=NCC1CN(C)CCN1C)NCC1CCCN1CC.I. The first-order valence-corrected chi connectivity index (χ1v) is 9.29. The number of aliphatic imine (C=N–C) groups is 1. The maximum absolute atomic E-state index is 4.84. The topological polar surface area (TPSA) is 46.1 Å². The highest BCUT2D eigenvalue weighted by molar-refractivity contribution is 14.0. The lowest BCUT2D eigenvalue weighted by Crippen LogP contribution is -2.52. The van der Waals surface area contributed by atoms with Crippen LogP contribution < -0.4 is 10.6 Å². The number of rotatable bonds is 6. The molecular weight excluding hydrogens is 415 g/mol. The Bertz CT molecular complexity index is 378. The van der Waals surface area contributed by atoms with E-state index in [2.05, 4.69) is 53.3 Å². The molecule has 7 heteroatoms. The largest absolute Gasteiger partial charge is 0.357 e. The lowest BCUT2D eigenvalue weighted by molar-refractivity contribution is 0.119. The normalized spacial score (nSPS) is 27.1. The molecule has 0 aromatic rings. The van der Waals surface area contributed by atoms with Crippen molar-refractivity contribution in [2.45, 2.75) is 38.8 Å². The van der Waals surface area contributed by atoms with Crippen molar-refractivity contribution in [3.05, 3.63) is 0 Å². The zero-order valence-corrected chi connectivity index (χ0v) is 18.3. The number of guanidine groups is 1. The van der Waals surface area contributed by atoms with Crippen molar-refractivity contribution in [2.24, 2.45) is 4.99 Å². The molecule has 2 N–H and O–H groups in total. The molecule has 2 rings (SSSR count). The van der Waals surface area contributed by atoms with Gasteiger partial charge in [-0.3, -0.25) is 14.8 Å². The van der Waals surface area contributed by atoms with E-state index in [0.717, 1.165) is 51.8 Å². The standard InChI is InChI=1S/C17H36N6.HI/c1-5-18-17(19-12-15-8-7-9-23(15)6-2)20-13-16-14-21(3)10-11-22(16)4;/h15-16H,5-14H2,1-4H3,(H2,18,19,20);1H. The highest BCUT2D eigenvalue weighted by Gasteiger charge is 2.24. The van der Waals surface area contributed by atoms with Gasteiger partial charge in [-0.05, 0) is 47.0 Å². The van der Waals surface area contributed by atoms with E-state index in [0.29, 0.717) is 12.1 Å². The predicted octanol–water partition coefficient (Wildman–Crippen LogP) is 0.890. The molecule has 24 heavy (non-hydrogen) atoms. The number of halogens is 1. The molecule has 2 heterocycles. The Labute approximate surface area is 165 Å². The van der Waals surface area contributed by atoms with Gasteiger partial charge in [-0.1, -0.05) is 6.92 Å². The molecule has 0 radical (unpaired) electrons. The molecule has 2 fully saturated rings. The van der Waals surface area contributed by atoms with Gasteiger partial charge in [-0.2, -0.15) is 0 Å². The average Bonchev–Trinajstić information content (AvgIpc) is 3.00. The van der Waals surface area contributed by atoms with Crippen LogP contribution in [0.2, 0.25) is 0 Å². The number of likely N-dealkylation sites (N-methyl/N-ethyl adjacent to an activating group) is 3. The summed E-state index contributed by atoms with van der Waals surface area (Å²) in [4.78, 5) is 12.2. The molecular formula is C17H37IN6. The van der Waals surface area contributed by atoms with Crippen molar-refractivity contribution in [2.75, 3.05) is 66.5 Å². The Balaban J connectivity index is 0.00000288. The fraction of sp³-hybridized carbons (Fsp3) is 0.941. The van der Waals surface area contributed by atoms with Gasteiger partial charge in [0.2, 0.25) is 0 Å². The van der Waals surface area contributed by atoms with E-state index in [1.807, 2.05) is 0 Å². The van der Waals surface area contributed by atoms with Gasteiger partial charge in [-0.15, -0.1) is 24.0 Å². The monoisotopic (exact) mass is 452 g/mol. The van der Waals surface area contributed by atoms with E-state index in [1.54, 1.807) is 0 Å². The first-order valence-electron chi connectivity index (χ1n) is 9.29. The van der Waals surface area contributed by atoms with Crippen LogP contribution in [-0.2, 0) is 0 Å². The van der Waals surface area contributed by atoms with Crippen LogP contribution in [0.5, 0.6) is 0 Å². The number of nitrogens with one attached hydrogen (secondary N) is 2. The Morgan fingerprint density at radius 1 is 1.08 bits per heavy atom. The molecule has 0 aromatic heterocycles. The second-order valence-corrected chi connectivity index (χ2v) is 6.92. The minimum atomic E-state index is 0. The Morgan fingerprint density at radius 3 is 2.58 bits per heavy atom. The fourth-order valence-electron chi connectivity index (χ4n) is 3.59. The highest BCUT2D eigenvalue weighted by atomic mass is 127. The summed E-state index contributed by atoms with van der Waals surface area (Å²) in [6, 6.07) is 1.18. The third-order valence-electron chi connectivity index (χ3n) is 5.19. The number of likely N-dealkylation sites (tertiary alicyclic amines) is 1. The van der Waals surface area contributed by atoms with Crippen molar-refractivity contribution in [3.63, 3.8) is 0 Å².